The third kappa shape index (κ3) is 5.13. The molecule has 1 aliphatic heterocycles. The predicted octanol–water partition coefficient (Wildman–Crippen LogP) is 4.37. The van der Waals surface area contributed by atoms with Crippen molar-refractivity contribution in [1.29, 1.82) is 0 Å². The molecule has 1 amide bonds. The van der Waals surface area contributed by atoms with Gasteiger partial charge in [0, 0.05) is 66.5 Å². The van der Waals surface area contributed by atoms with Gasteiger partial charge < -0.3 is 25.4 Å². The molecule has 9 nitrogen and oxygen atoms in total. The lowest BCUT2D eigenvalue weighted by Crippen LogP contribution is -2.44. The lowest BCUT2D eigenvalue weighted by Gasteiger charge is -2.34. The van der Waals surface area contributed by atoms with Gasteiger partial charge >= 0.3 is 0 Å². The Morgan fingerprint density at radius 1 is 1.10 bits per heavy atom. The highest BCUT2D eigenvalue weighted by Gasteiger charge is 2.17. The highest BCUT2D eigenvalue weighted by atomic mass is 19.3. The molecule has 4 aromatic heterocycles. The van der Waals surface area contributed by atoms with Crippen molar-refractivity contribution >= 4 is 39.8 Å². The first-order valence-corrected chi connectivity index (χ1v) is 12.8. The number of fused-ring (bicyclic) bond motifs is 2. The molecule has 0 radical (unpaired) electrons. The summed E-state index contributed by atoms with van der Waals surface area (Å²) in [6, 6.07) is 16.0. The number of aromatic amines is 1. The van der Waals surface area contributed by atoms with Crippen molar-refractivity contribution in [3.05, 3.63) is 72.8 Å². The van der Waals surface area contributed by atoms with Crippen LogP contribution in [0.3, 0.4) is 0 Å². The van der Waals surface area contributed by atoms with E-state index >= 15 is 0 Å². The Labute approximate surface area is 223 Å². The summed E-state index contributed by atoms with van der Waals surface area (Å²) in [5.74, 6) is 0.113. The van der Waals surface area contributed by atoms with Gasteiger partial charge in [-0.3, -0.25) is 9.20 Å². The fourth-order valence-electron chi connectivity index (χ4n) is 4.87. The zero-order valence-electron chi connectivity index (χ0n) is 21.4. The maximum Gasteiger partial charge on any atom is 0.270 e. The summed E-state index contributed by atoms with van der Waals surface area (Å²) >= 11 is 0. The molecule has 0 saturated carbocycles. The maximum atomic E-state index is 12.6. The number of pyridine rings is 2. The van der Waals surface area contributed by atoms with E-state index in [2.05, 4.69) is 55.6 Å². The molecule has 200 valence electrons. The molecular formula is C28H28F2N8O. The van der Waals surface area contributed by atoms with Crippen molar-refractivity contribution in [2.75, 3.05) is 50.0 Å². The number of hydrogen-bond donors (Lipinski definition) is 3. The Morgan fingerprint density at radius 3 is 2.77 bits per heavy atom. The number of halogens is 2. The van der Waals surface area contributed by atoms with Crippen molar-refractivity contribution in [1.82, 2.24) is 29.6 Å². The largest absolute Gasteiger partial charge is 0.369 e. The van der Waals surface area contributed by atoms with Crippen LogP contribution in [0.15, 0.2) is 67.1 Å². The number of likely N-dealkylation sites (N-methyl/N-ethyl adjacent to an activating group) is 1. The average Bonchev–Trinajstić information content (AvgIpc) is 3.56. The monoisotopic (exact) mass is 530 g/mol. The van der Waals surface area contributed by atoms with E-state index in [1.165, 1.54) is 11.9 Å². The number of alkyl halides is 2. The summed E-state index contributed by atoms with van der Waals surface area (Å²) in [5.41, 5.74) is 5.33. The van der Waals surface area contributed by atoms with Crippen molar-refractivity contribution in [2.24, 2.45) is 0 Å². The van der Waals surface area contributed by atoms with Crippen LogP contribution in [0.1, 0.15) is 10.5 Å². The van der Waals surface area contributed by atoms with Crippen LogP contribution >= 0.6 is 0 Å². The van der Waals surface area contributed by atoms with Crippen LogP contribution in [0, 0.1) is 0 Å². The lowest BCUT2D eigenvalue weighted by molar-refractivity contribution is 0.0886. The zero-order valence-corrected chi connectivity index (χ0v) is 21.4. The first-order valence-electron chi connectivity index (χ1n) is 12.8. The SMILES string of the molecule is CN1CCN(c2cccc(Nc3ccc4c(-c5ccc6ncc(C(=O)NCC(F)F)n6c5)c[nH]c4n3)c2)CC1. The van der Waals surface area contributed by atoms with E-state index in [-0.39, 0.29) is 5.69 Å². The topological polar surface area (TPSA) is 93.6 Å². The summed E-state index contributed by atoms with van der Waals surface area (Å²) in [4.78, 5) is 29.4. The fraction of sp³-hybridized carbons (Fsp3) is 0.250. The molecule has 5 heterocycles. The minimum Gasteiger partial charge on any atom is -0.369 e. The number of carbonyl (C=O) groups excluding carboxylic acids is 1. The van der Waals surface area contributed by atoms with Gasteiger partial charge in [-0.25, -0.2) is 18.7 Å². The Balaban J connectivity index is 1.24. The molecule has 0 spiro atoms. The molecule has 1 saturated heterocycles. The van der Waals surface area contributed by atoms with Gasteiger partial charge in [0.1, 0.15) is 22.8 Å². The number of hydrogen-bond acceptors (Lipinski definition) is 6. The van der Waals surface area contributed by atoms with Gasteiger partial charge in [0.25, 0.3) is 12.3 Å². The summed E-state index contributed by atoms with van der Waals surface area (Å²) < 4.78 is 26.7. The second kappa shape index (κ2) is 10.3. The first-order chi connectivity index (χ1) is 18.9. The quantitative estimate of drug-likeness (QED) is 0.290. The van der Waals surface area contributed by atoms with Crippen LogP contribution in [0.5, 0.6) is 0 Å². The lowest BCUT2D eigenvalue weighted by atomic mass is 10.1. The fourth-order valence-corrected chi connectivity index (χ4v) is 4.87. The van der Waals surface area contributed by atoms with Crippen molar-refractivity contribution < 1.29 is 13.6 Å². The van der Waals surface area contributed by atoms with Crippen LogP contribution < -0.4 is 15.5 Å². The van der Waals surface area contributed by atoms with E-state index in [1.54, 1.807) is 16.7 Å². The number of aromatic nitrogens is 4. The van der Waals surface area contributed by atoms with E-state index in [0.717, 1.165) is 54.2 Å². The number of rotatable bonds is 7. The molecule has 5 aromatic rings. The van der Waals surface area contributed by atoms with Crippen molar-refractivity contribution in [3.8, 4) is 11.1 Å². The number of piperazine rings is 1. The zero-order chi connectivity index (χ0) is 26.9. The maximum absolute atomic E-state index is 12.6. The van der Waals surface area contributed by atoms with Gasteiger partial charge in [0.05, 0.1) is 12.7 Å². The summed E-state index contributed by atoms with van der Waals surface area (Å²) in [5, 5.41) is 6.56. The molecule has 0 aliphatic carbocycles. The van der Waals surface area contributed by atoms with E-state index < -0.39 is 18.9 Å². The van der Waals surface area contributed by atoms with Crippen LogP contribution in [0.4, 0.5) is 26.0 Å². The number of benzene rings is 1. The number of imidazole rings is 1. The van der Waals surface area contributed by atoms with Gasteiger partial charge in [-0.2, -0.15) is 0 Å². The predicted molar refractivity (Wildman–Crippen MR) is 148 cm³/mol. The smallest absolute Gasteiger partial charge is 0.270 e. The van der Waals surface area contributed by atoms with E-state index in [4.69, 9.17) is 4.98 Å². The van der Waals surface area contributed by atoms with Crippen molar-refractivity contribution in [3.63, 3.8) is 0 Å². The average molecular weight is 531 g/mol. The molecule has 6 rings (SSSR count). The number of nitrogens with zero attached hydrogens (tertiary/aromatic N) is 5. The molecule has 1 fully saturated rings. The Hall–Kier alpha value is -4.51. The number of carbonyl (C=O) groups is 1. The standard InChI is InChI=1S/C28H28F2N8O/c1-36-9-11-37(12-10-36)20-4-2-3-19(13-20)34-25-7-6-21-22(14-32-27(21)35-25)18-5-8-26-31-15-23(38(26)17-18)28(39)33-16-24(29)30/h2-8,13-15,17,24H,9-12,16H2,1H3,(H,33,39)(H2,32,34,35). The van der Waals surface area contributed by atoms with Gasteiger partial charge in [-0.15, -0.1) is 0 Å². The second-order valence-corrected chi connectivity index (χ2v) is 9.65. The summed E-state index contributed by atoms with van der Waals surface area (Å²) in [7, 11) is 2.15. The van der Waals surface area contributed by atoms with Gasteiger partial charge in [0.2, 0.25) is 0 Å². The third-order valence-corrected chi connectivity index (χ3v) is 6.99. The second-order valence-electron chi connectivity index (χ2n) is 9.65. The molecule has 1 aliphatic rings. The van der Waals surface area contributed by atoms with Gasteiger partial charge in [0.15, 0.2) is 0 Å². The molecule has 11 heteroatoms. The Kier molecular flexibility index (Phi) is 6.57. The molecule has 1 aromatic carbocycles. The van der Waals surface area contributed by atoms with Crippen LogP contribution in [-0.4, -0.2) is 76.4 Å². The van der Waals surface area contributed by atoms with E-state index in [9.17, 15) is 13.6 Å². The Bertz CT molecular complexity index is 1640. The molecule has 0 bridgehead atoms. The van der Waals surface area contributed by atoms with Gasteiger partial charge in [-0.1, -0.05) is 6.07 Å². The number of H-pyrrole nitrogens is 1. The summed E-state index contributed by atoms with van der Waals surface area (Å²) in [6.45, 7) is 3.39. The molecule has 39 heavy (non-hydrogen) atoms. The minimum atomic E-state index is -2.62. The third-order valence-electron chi connectivity index (χ3n) is 6.99. The number of nitrogens with one attached hydrogen (secondary N) is 3. The highest BCUT2D eigenvalue weighted by molar-refractivity contribution is 5.96. The van der Waals surface area contributed by atoms with Crippen LogP contribution in [0.2, 0.25) is 0 Å². The van der Waals surface area contributed by atoms with Crippen molar-refractivity contribution in [2.45, 2.75) is 6.43 Å². The van der Waals surface area contributed by atoms with E-state index in [1.807, 2.05) is 30.5 Å². The first kappa shape index (κ1) is 24.8. The Morgan fingerprint density at radius 2 is 1.95 bits per heavy atom. The molecule has 0 unspecified atom stereocenters. The summed E-state index contributed by atoms with van der Waals surface area (Å²) in [6.07, 6.45) is 2.40. The minimum absolute atomic E-state index is 0.191. The highest BCUT2D eigenvalue weighted by Crippen LogP contribution is 2.30. The number of amides is 1. The number of anilines is 3. The van der Waals surface area contributed by atoms with Crippen LogP contribution in [-0.2, 0) is 0 Å². The van der Waals surface area contributed by atoms with Crippen LogP contribution in [0.25, 0.3) is 27.8 Å². The van der Waals surface area contributed by atoms with Gasteiger partial charge in [-0.05, 0) is 49.5 Å². The molecule has 3 N–H and O–H groups in total. The normalized spacial score (nSPS) is 14.4. The van der Waals surface area contributed by atoms with E-state index in [0.29, 0.717) is 11.3 Å². The molecule has 0 atom stereocenters. The molecular weight excluding hydrogens is 502 g/mol.